The molecule has 2 aromatic heterocycles. The highest BCUT2D eigenvalue weighted by Gasteiger charge is 2.44. The summed E-state index contributed by atoms with van der Waals surface area (Å²) in [5.74, 6) is 0.329. The van der Waals surface area contributed by atoms with E-state index >= 15 is 0 Å². The number of anilines is 1. The van der Waals surface area contributed by atoms with Crippen LogP contribution in [0.15, 0.2) is 69.3 Å². The molecule has 28 heavy (non-hydrogen) atoms. The van der Waals surface area contributed by atoms with Gasteiger partial charge >= 0.3 is 0 Å². The van der Waals surface area contributed by atoms with Crippen LogP contribution in [0.3, 0.4) is 0 Å². The van der Waals surface area contributed by atoms with Gasteiger partial charge in [0.25, 0.3) is 5.91 Å². The predicted molar refractivity (Wildman–Crippen MR) is 106 cm³/mol. The van der Waals surface area contributed by atoms with Crippen molar-refractivity contribution in [2.24, 2.45) is 0 Å². The van der Waals surface area contributed by atoms with Crippen LogP contribution in [-0.4, -0.2) is 18.0 Å². The second kappa shape index (κ2) is 6.31. The molecule has 1 atom stereocenters. The number of amides is 1. The first kappa shape index (κ1) is 16.7. The van der Waals surface area contributed by atoms with E-state index in [9.17, 15) is 9.59 Å². The summed E-state index contributed by atoms with van der Waals surface area (Å²) in [6, 6.07) is 13.7. The Morgan fingerprint density at radius 3 is 2.79 bits per heavy atom. The maximum atomic E-state index is 13.3. The smallest absolute Gasteiger partial charge is 0.297 e. The second-order valence-electron chi connectivity index (χ2n) is 6.34. The van der Waals surface area contributed by atoms with Gasteiger partial charge in [0.2, 0.25) is 5.76 Å². The Labute approximate surface area is 163 Å². The molecule has 0 saturated carbocycles. The molecular weight excluding hydrogens is 376 g/mol. The Hall–Kier alpha value is -3.45. The summed E-state index contributed by atoms with van der Waals surface area (Å²) in [7, 11) is 1.58. The van der Waals surface area contributed by atoms with Crippen molar-refractivity contribution in [3.63, 3.8) is 0 Å². The van der Waals surface area contributed by atoms with E-state index in [0.717, 1.165) is 5.56 Å². The lowest BCUT2D eigenvalue weighted by atomic mass is 9.98. The number of thiazole rings is 1. The van der Waals surface area contributed by atoms with Gasteiger partial charge in [-0.05, 0) is 29.8 Å². The van der Waals surface area contributed by atoms with E-state index < -0.39 is 6.04 Å². The van der Waals surface area contributed by atoms with Crippen molar-refractivity contribution in [2.45, 2.75) is 6.04 Å². The van der Waals surface area contributed by atoms with Gasteiger partial charge in [0.05, 0.1) is 24.1 Å². The van der Waals surface area contributed by atoms with Gasteiger partial charge in [0.15, 0.2) is 10.6 Å². The topological polar surface area (TPSA) is 72.6 Å². The summed E-state index contributed by atoms with van der Waals surface area (Å²) < 4.78 is 11.2. The van der Waals surface area contributed by atoms with Crippen LogP contribution in [0.1, 0.15) is 27.7 Å². The minimum absolute atomic E-state index is 0.0618. The minimum atomic E-state index is -0.635. The second-order valence-corrected chi connectivity index (χ2v) is 7.21. The predicted octanol–water partition coefficient (Wildman–Crippen LogP) is 4.01. The highest BCUT2D eigenvalue weighted by molar-refractivity contribution is 7.13. The number of nitrogens with zero attached hydrogens (tertiary/aromatic N) is 2. The third-order valence-electron chi connectivity index (χ3n) is 4.81. The largest absolute Gasteiger partial charge is 0.497 e. The number of para-hydroxylation sites is 1. The van der Waals surface area contributed by atoms with Crippen LogP contribution < -0.4 is 15.1 Å². The SMILES string of the molecule is COc1cccc([C@@H]2c3c(oc4ccccc4c3=O)C(=O)N2c2nccs2)c1. The maximum absolute atomic E-state index is 13.3. The first-order valence-electron chi connectivity index (χ1n) is 8.62. The number of aromatic nitrogens is 1. The zero-order chi connectivity index (χ0) is 19.3. The van der Waals surface area contributed by atoms with Crippen molar-refractivity contribution in [1.29, 1.82) is 0 Å². The number of carbonyl (C=O) groups is 1. The molecule has 5 rings (SSSR count). The molecule has 7 heteroatoms. The highest BCUT2D eigenvalue weighted by Crippen LogP contribution is 2.42. The van der Waals surface area contributed by atoms with Gasteiger partial charge in [-0.15, -0.1) is 11.3 Å². The van der Waals surface area contributed by atoms with Crippen LogP contribution in [0.2, 0.25) is 0 Å². The molecule has 1 amide bonds. The normalized spacial score (nSPS) is 15.8. The van der Waals surface area contributed by atoms with Gasteiger partial charge in [-0.25, -0.2) is 4.98 Å². The molecule has 3 heterocycles. The van der Waals surface area contributed by atoms with Crippen molar-refractivity contribution in [1.82, 2.24) is 4.98 Å². The third-order valence-corrected chi connectivity index (χ3v) is 5.58. The molecular formula is C21H14N2O4S. The average Bonchev–Trinajstić information content (AvgIpc) is 3.35. The van der Waals surface area contributed by atoms with E-state index in [1.165, 1.54) is 16.2 Å². The minimum Gasteiger partial charge on any atom is -0.497 e. The molecule has 0 radical (unpaired) electrons. The fourth-order valence-electron chi connectivity index (χ4n) is 3.58. The van der Waals surface area contributed by atoms with E-state index in [0.29, 0.717) is 27.4 Å². The first-order chi connectivity index (χ1) is 13.7. The van der Waals surface area contributed by atoms with Gasteiger partial charge in [0, 0.05) is 11.6 Å². The molecule has 2 aromatic carbocycles. The van der Waals surface area contributed by atoms with E-state index in [1.807, 2.05) is 24.3 Å². The van der Waals surface area contributed by atoms with Crippen LogP contribution >= 0.6 is 11.3 Å². The standard InChI is InChI=1S/C21H14N2O4S/c1-26-13-6-4-5-12(11-13)17-16-18(24)14-7-2-3-8-15(14)27-19(16)20(25)23(17)21-22-9-10-28-21/h2-11,17H,1H3/t17-/m1/s1. The van der Waals surface area contributed by atoms with Crippen LogP contribution in [0.5, 0.6) is 5.75 Å². The number of carbonyl (C=O) groups excluding carboxylic acids is 1. The molecule has 0 unspecified atom stereocenters. The lowest BCUT2D eigenvalue weighted by molar-refractivity contribution is 0.0971. The van der Waals surface area contributed by atoms with Gasteiger partial charge in [0.1, 0.15) is 11.3 Å². The highest BCUT2D eigenvalue weighted by atomic mass is 32.1. The number of benzene rings is 2. The quantitative estimate of drug-likeness (QED) is 0.529. The van der Waals surface area contributed by atoms with Crippen LogP contribution in [0.4, 0.5) is 5.13 Å². The number of rotatable bonds is 3. The van der Waals surface area contributed by atoms with Crippen molar-refractivity contribution >= 4 is 33.3 Å². The number of hydrogen-bond donors (Lipinski definition) is 0. The first-order valence-corrected chi connectivity index (χ1v) is 9.49. The number of ether oxygens (including phenoxy) is 1. The molecule has 1 aliphatic heterocycles. The fraction of sp³-hybridized carbons (Fsp3) is 0.0952. The van der Waals surface area contributed by atoms with E-state index in [-0.39, 0.29) is 17.1 Å². The molecule has 0 spiro atoms. The number of fused-ring (bicyclic) bond motifs is 2. The molecule has 6 nitrogen and oxygen atoms in total. The monoisotopic (exact) mass is 390 g/mol. The molecule has 4 aromatic rings. The lowest BCUT2D eigenvalue weighted by Crippen LogP contribution is -2.29. The Morgan fingerprint density at radius 1 is 1.14 bits per heavy atom. The van der Waals surface area contributed by atoms with Crippen molar-refractivity contribution in [2.75, 3.05) is 12.0 Å². The molecule has 1 aliphatic rings. The molecule has 0 bridgehead atoms. The van der Waals surface area contributed by atoms with Crippen LogP contribution in [0.25, 0.3) is 11.0 Å². The van der Waals surface area contributed by atoms with Crippen molar-refractivity contribution in [3.8, 4) is 5.75 Å². The zero-order valence-corrected chi connectivity index (χ0v) is 15.6. The third kappa shape index (κ3) is 2.36. The summed E-state index contributed by atoms with van der Waals surface area (Å²) >= 11 is 1.33. The summed E-state index contributed by atoms with van der Waals surface area (Å²) in [6.45, 7) is 0. The zero-order valence-electron chi connectivity index (χ0n) is 14.8. The Morgan fingerprint density at radius 2 is 2.00 bits per heavy atom. The van der Waals surface area contributed by atoms with Crippen molar-refractivity contribution < 1.29 is 13.9 Å². The van der Waals surface area contributed by atoms with E-state index in [1.54, 1.807) is 43.0 Å². The number of hydrogen-bond acceptors (Lipinski definition) is 6. The summed E-state index contributed by atoms with van der Waals surface area (Å²) in [6.07, 6.45) is 1.63. The Balaban J connectivity index is 1.83. The fourth-order valence-corrected chi connectivity index (χ4v) is 4.25. The van der Waals surface area contributed by atoms with E-state index in [2.05, 4.69) is 4.98 Å². The van der Waals surface area contributed by atoms with Crippen LogP contribution in [0, 0.1) is 0 Å². The van der Waals surface area contributed by atoms with Gasteiger partial charge < -0.3 is 9.15 Å². The summed E-state index contributed by atoms with van der Waals surface area (Å²) in [4.78, 5) is 32.4. The molecule has 0 aliphatic carbocycles. The van der Waals surface area contributed by atoms with Gasteiger partial charge in [-0.1, -0.05) is 24.3 Å². The molecule has 0 N–H and O–H groups in total. The molecule has 138 valence electrons. The van der Waals surface area contributed by atoms with Crippen molar-refractivity contribution in [3.05, 3.63) is 87.2 Å². The maximum Gasteiger partial charge on any atom is 0.297 e. The molecule has 0 fully saturated rings. The number of methoxy groups -OCH3 is 1. The van der Waals surface area contributed by atoms with Gasteiger partial charge in [-0.2, -0.15) is 0 Å². The molecule has 0 saturated heterocycles. The Bertz CT molecular complexity index is 1260. The summed E-state index contributed by atoms with van der Waals surface area (Å²) in [5, 5.41) is 2.75. The summed E-state index contributed by atoms with van der Waals surface area (Å²) in [5.41, 5.74) is 1.26. The van der Waals surface area contributed by atoms with Crippen LogP contribution in [-0.2, 0) is 0 Å². The van der Waals surface area contributed by atoms with E-state index in [4.69, 9.17) is 9.15 Å². The Kier molecular flexibility index (Phi) is 3.77. The average molecular weight is 390 g/mol. The van der Waals surface area contributed by atoms with Gasteiger partial charge in [-0.3, -0.25) is 14.5 Å². The lowest BCUT2D eigenvalue weighted by Gasteiger charge is -2.22.